The highest BCUT2D eigenvalue weighted by molar-refractivity contribution is 7.98. The van der Waals surface area contributed by atoms with Crippen molar-refractivity contribution in [3.63, 3.8) is 0 Å². The Bertz CT molecular complexity index is 363. The highest BCUT2D eigenvalue weighted by atomic mass is 32.2. The quantitative estimate of drug-likeness (QED) is 0.823. The summed E-state index contributed by atoms with van der Waals surface area (Å²) in [6, 6.07) is 9.57. The van der Waals surface area contributed by atoms with Crippen LogP contribution in [0.25, 0.3) is 0 Å². The average Bonchev–Trinajstić information content (AvgIpc) is 2.87. The number of likely N-dealkylation sites (tertiary alicyclic amines) is 1. The predicted octanol–water partition coefficient (Wildman–Crippen LogP) is 3.01. The highest BCUT2D eigenvalue weighted by Gasteiger charge is 2.26. The summed E-state index contributed by atoms with van der Waals surface area (Å²) < 4.78 is 0. The van der Waals surface area contributed by atoms with Crippen molar-refractivity contribution in [2.24, 2.45) is 5.92 Å². The number of nitrogens with zero attached hydrogens (tertiary/aromatic N) is 1. The lowest BCUT2D eigenvalue weighted by atomic mass is 10.1. The number of thioether (sulfide) groups is 1. The van der Waals surface area contributed by atoms with Gasteiger partial charge in [0.25, 0.3) is 0 Å². The van der Waals surface area contributed by atoms with Crippen molar-refractivity contribution in [3.8, 4) is 0 Å². The second kappa shape index (κ2) is 6.60. The largest absolute Gasteiger partial charge is 0.319 e. The van der Waals surface area contributed by atoms with E-state index < -0.39 is 0 Å². The van der Waals surface area contributed by atoms with E-state index in [4.69, 9.17) is 0 Å². The predicted molar refractivity (Wildman–Crippen MR) is 80.2 cm³/mol. The summed E-state index contributed by atoms with van der Waals surface area (Å²) in [5.74, 6) is 0.822. The van der Waals surface area contributed by atoms with Crippen LogP contribution in [0.2, 0.25) is 0 Å². The van der Waals surface area contributed by atoms with Crippen molar-refractivity contribution >= 4 is 11.8 Å². The normalized spacial score (nSPS) is 22.3. The summed E-state index contributed by atoms with van der Waals surface area (Å²) in [5.41, 5.74) is 1.44. The third kappa shape index (κ3) is 3.28. The highest BCUT2D eigenvalue weighted by Crippen LogP contribution is 2.28. The molecule has 1 aliphatic rings. The molecule has 0 aromatic heterocycles. The van der Waals surface area contributed by atoms with Gasteiger partial charge >= 0.3 is 0 Å². The van der Waals surface area contributed by atoms with Crippen LogP contribution in [0.15, 0.2) is 29.2 Å². The fraction of sp³-hybridized carbons (Fsp3) is 0.600. The van der Waals surface area contributed by atoms with Crippen LogP contribution in [0.5, 0.6) is 0 Å². The SMILES string of the molecule is CNCC1CCN(C(C)c2ccc(SC)cc2)C1. The summed E-state index contributed by atoms with van der Waals surface area (Å²) >= 11 is 1.81. The molecule has 0 saturated carbocycles. The monoisotopic (exact) mass is 264 g/mol. The second-order valence-electron chi connectivity index (χ2n) is 5.16. The van der Waals surface area contributed by atoms with E-state index in [-0.39, 0.29) is 0 Å². The topological polar surface area (TPSA) is 15.3 Å². The molecular formula is C15H24N2S. The molecule has 1 fully saturated rings. The van der Waals surface area contributed by atoms with E-state index in [0.29, 0.717) is 6.04 Å². The Labute approximate surface area is 115 Å². The van der Waals surface area contributed by atoms with Crippen molar-refractivity contribution in [2.75, 3.05) is 32.9 Å². The minimum Gasteiger partial charge on any atom is -0.319 e. The average molecular weight is 264 g/mol. The van der Waals surface area contributed by atoms with Gasteiger partial charge in [0.05, 0.1) is 0 Å². The van der Waals surface area contributed by atoms with Gasteiger partial charge in [-0.2, -0.15) is 0 Å². The maximum absolute atomic E-state index is 3.29. The smallest absolute Gasteiger partial charge is 0.0320 e. The Kier molecular flexibility index (Phi) is 5.10. The molecular weight excluding hydrogens is 240 g/mol. The second-order valence-corrected chi connectivity index (χ2v) is 6.04. The van der Waals surface area contributed by atoms with Gasteiger partial charge in [-0.3, -0.25) is 4.90 Å². The van der Waals surface area contributed by atoms with Crippen LogP contribution in [0.4, 0.5) is 0 Å². The molecule has 0 bridgehead atoms. The zero-order chi connectivity index (χ0) is 13.0. The van der Waals surface area contributed by atoms with E-state index in [0.717, 1.165) is 12.5 Å². The zero-order valence-corrected chi connectivity index (χ0v) is 12.5. The van der Waals surface area contributed by atoms with Crippen LogP contribution in [0.1, 0.15) is 24.9 Å². The van der Waals surface area contributed by atoms with E-state index in [2.05, 4.69) is 47.7 Å². The molecule has 1 aromatic carbocycles. The van der Waals surface area contributed by atoms with Gasteiger partial charge in [-0.15, -0.1) is 11.8 Å². The van der Waals surface area contributed by atoms with E-state index in [1.165, 1.54) is 30.0 Å². The number of benzene rings is 1. The molecule has 1 aromatic rings. The Morgan fingerprint density at radius 1 is 1.39 bits per heavy atom. The van der Waals surface area contributed by atoms with E-state index in [9.17, 15) is 0 Å². The lowest BCUT2D eigenvalue weighted by Gasteiger charge is -2.25. The number of hydrogen-bond acceptors (Lipinski definition) is 3. The van der Waals surface area contributed by atoms with E-state index in [1.807, 2.05) is 7.05 Å². The summed E-state index contributed by atoms with van der Waals surface area (Å²) in [6.07, 6.45) is 3.45. The molecule has 0 radical (unpaired) electrons. The van der Waals surface area contributed by atoms with Crippen molar-refractivity contribution in [3.05, 3.63) is 29.8 Å². The molecule has 2 atom stereocenters. The summed E-state index contributed by atoms with van der Waals surface area (Å²) in [5, 5.41) is 3.29. The summed E-state index contributed by atoms with van der Waals surface area (Å²) in [4.78, 5) is 3.95. The van der Waals surface area contributed by atoms with Gasteiger partial charge in [-0.1, -0.05) is 12.1 Å². The van der Waals surface area contributed by atoms with Crippen molar-refractivity contribution in [2.45, 2.75) is 24.3 Å². The molecule has 0 aliphatic carbocycles. The van der Waals surface area contributed by atoms with Crippen molar-refractivity contribution < 1.29 is 0 Å². The van der Waals surface area contributed by atoms with Crippen molar-refractivity contribution in [1.82, 2.24) is 10.2 Å². The number of rotatable bonds is 5. The van der Waals surface area contributed by atoms with Crippen LogP contribution in [-0.4, -0.2) is 37.8 Å². The summed E-state index contributed by atoms with van der Waals surface area (Å²) in [6.45, 7) is 5.94. The molecule has 2 rings (SSSR count). The third-order valence-corrected chi connectivity index (χ3v) is 4.70. The van der Waals surface area contributed by atoms with Gasteiger partial charge in [0.1, 0.15) is 0 Å². The molecule has 1 N–H and O–H groups in total. The lowest BCUT2D eigenvalue weighted by Crippen LogP contribution is -2.27. The minimum atomic E-state index is 0.544. The van der Waals surface area contributed by atoms with Gasteiger partial charge in [0, 0.05) is 17.5 Å². The number of hydrogen-bond donors (Lipinski definition) is 1. The Morgan fingerprint density at radius 3 is 2.72 bits per heavy atom. The Morgan fingerprint density at radius 2 is 2.11 bits per heavy atom. The van der Waals surface area contributed by atoms with E-state index in [1.54, 1.807) is 11.8 Å². The van der Waals surface area contributed by atoms with Crippen LogP contribution >= 0.6 is 11.8 Å². The molecule has 1 saturated heterocycles. The molecule has 1 aliphatic heterocycles. The van der Waals surface area contributed by atoms with Gasteiger partial charge in [0.2, 0.25) is 0 Å². The Hall–Kier alpha value is -0.510. The molecule has 3 heteroatoms. The molecule has 100 valence electrons. The molecule has 2 unspecified atom stereocenters. The maximum atomic E-state index is 3.29. The first-order valence-electron chi connectivity index (χ1n) is 6.77. The van der Waals surface area contributed by atoms with Crippen LogP contribution in [0.3, 0.4) is 0 Å². The number of nitrogens with one attached hydrogen (secondary N) is 1. The lowest BCUT2D eigenvalue weighted by molar-refractivity contribution is 0.252. The van der Waals surface area contributed by atoms with Gasteiger partial charge in [0.15, 0.2) is 0 Å². The summed E-state index contributed by atoms with van der Waals surface area (Å²) in [7, 11) is 2.05. The molecule has 18 heavy (non-hydrogen) atoms. The van der Waals surface area contributed by atoms with Crippen LogP contribution in [-0.2, 0) is 0 Å². The zero-order valence-electron chi connectivity index (χ0n) is 11.6. The molecule has 1 heterocycles. The minimum absolute atomic E-state index is 0.544. The first kappa shape index (κ1) is 13.9. The maximum Gasteiger partial charge on any atom is 0.0320 e. The fourth-order valence-corrected chi connectivity index (χ4v) is 3.17. The van der Waals surface area contributed by atoms with E-state index >= 15 is 0 Å². The first-order chi connectivity index (χ1) is 8.74. The van der Waals surface area contributed by atoms with Crippen LogP contribution in [0, 0.1) is 5.92 Å². The van der Waals surface area contributed by atoms with Gasteiger partial charge < -0.3 is 5.32 Å². The van der Waals surface area contributed by atoms with Crippen LogP contribution < -0.4 is 5.32 Å². The van der Waals surface area contributed by atoms with Gasteiger partial charge in [-0.05, 0) is 63.4 Å². The first-order valence-corrected chi connectivity index (χ1v) is 7.99. The molecule has 0 spiro atoms. The Balaban J connectivity index is 1.96. The molecule has 0 amide bonds. The van der Waals surface area contributed by atoms with Crippen molar-refractivity contribution in [1.29, 1.82) is 0 Å². The standard InChI is InChI=1S/C15H24N2S/c1-12(14-4-6-15(18-3)7-5-14)17-9-8-13(11-17)10-16-2/h4-7,12-13,16H,8-11H2,1-3H3. The molecule has 2 nitrogen and oxygen atoms in total. The fourth-order valence-electron chi connectivity index (χ4n) is 2.76. The third-order valence-electron chi connectivity index (χ3n) is 3.96. The van der Waals surface area contributed by atoms with Gasteiger partial charge in [-0.25, -0.2) is 0 Å².